The monoisotopic (exact) mass is 611 g/mol. The van der Waals surface area contributed by atoms with Crippen LogP contribution in [0.5, 0.6) is 0 Å². The van der Waals surface area contributed by atoms with Gasteiger partial charge in [-0.1, -0.05) is 25.1 Å². The summed E-state index contributed by atoms with van der Waals surface area (Å²) in [4.78, 5) is 45.3. The van der Waals surface area contributed by atoms with Crippen LogP contribution in [0, 0.1) is 0 Å². The Labute approximate surface area is 251 Å². The van der Waals surface area contributed by atoms with Gasteiger partial charge >= 0.3 is 12.1 Å². The molecule has 12 nitrogen and oxygen atoms in total. The van der Waals surface area contributed by atoms with Crippen molar-refractivity contribution in [1.82, 2.24) is 9.97 Å². The molecule has 2 heterocycles. The molecule has 1 atom stereocenters. The van der Waals surface area contributed by atoms with Gasteiger partial charge in [-0.15, -0.1) is 0 Å². The van der Waals surface area contributed by atoms with Crippen LogP contribution in [-0.4, -0.2) is 60.7 Å². The highest BCUT2D eigenvalue weighted by molar-refractivity contribution is 7.92. The lowest BCUT2D eigenvalue weighted by Crippen LogP contribution is -2.48. The van der Waals surface area contributed by atoms with Crippen LogP contribution in [0.25, 0.3) is 0 Å². The van der Waals surface area contributed by atoms with Crippen molar-refractivity contribution in [1.29, 1.82) is 0 Å². The Hall–Kier alpha value is -4.36. The van der Waals surface area contributed by atoms with Gasteiger partial charge < -0.3 is 20.5 Å². The lowest BCUT2D eigenvalue weighted by atomic mass is 10.0. The maximum Gasteiger partial charge on any atom is 0.416 e. The van der Waals surface area contributed by atoms with E-state index >= 15 is 0 Å². The first-order valence-corrected chi connectivity index (χ1v) is 15.1. The smallest absolute Gasteiger partial charge is 0.416 e. The van der Waals surface area contributed by atoms with Crippen LogP contribution in [0.1, 0.15) is 51.8 Å². The normalized spacial score (nSPS) is 13.1. The molecule has 0 saturated heterocycles. The van der Waals surface area contributed by atoms with Gasteiger partial charge in [0.05, 0.1) is 10.6 Å². The fourth-order valence-electron chi connectivity index (χ4n) is 4.21. The molecule has 13 heteroatoms. The van der Waals surface area contributed by atoms with E-state index in [0.717, 1.165) is 4.90 Å². The Morgan fingerprint density at radius 1 is 1.02 bits per heavy atom. The van der Waals surface area contributed by atoms with Crippen LogP contribution in [0.2, 0.25) is 0 Å². The van der Waals surface area contributed by atoms with Crippen molar-refractivity contribution in [2.45, 2.75) is 62.3 Å². The van der Waals surface area contributed by atoms with Gasteiger partial charge in [-0.25, -0.2) is 18.2 Å². The zero-order chi connectivity index (χ0) is 32.0. The van der Waals surface area contributed by atoms with Crippen LogP contribution in [0.3, 0.4) is 0 Å². The van der Waals surface area contributed by atoms with E-state index in [1.165, 1.54) is 47.6 Å². The summed E-state index contributed by atoms with van der Waals surface area (Å²) in [6.07, 6.45) is 2.46. The number of aromatic nitrogens is 2. The van der Waals surface area contributed by atoms with E-state index in [4.69, 9.17) is 10.5 Å². The summed E-state index contributed by atoms with van der Waals surface area (Å²) in [5.41, 5.74) is 6.88. The Morgan fingerprint density at radius 3 is 2.26 bits per heavy atom. The predicted molar refractivity (Wildman–Crippen MR) is 161 cm³/mol. The average molecular weight is 612 g/mol. The molecule has 2 amide bonds. The van der Waals surface area contributed by atoms with Gasteiger partial charge in [-0.2, -0.15) is 0 Å². The van der Waals surface area contributed by atoms with Crippen LogP contribution < -0.4 is 15.5 Å². The second kappa shape index (κ2) is 13.3. The minimum Gasteiger partial charge on any atom is -0.480 e. The summed E-state index contributed by atoms with van der Waals surface area (Å²) >= 11 is 0. The zero-order valence-corrected chi connectivity index (χ0v) is 25.7. The van der Waals surface area contributed by atoms with Crippen LogP contribution in [0.4, 0.5) is 16.3 Å². The first-order valence-electron chi connectivity index (χ1n) is 13.6. The van der Waals surface area contributed by atoms with Gasteiger partial charge in [0.15, 0.2) is 4.87 Å². The molecule has 0 spiro atoms. The third kappa shape index (κ3) is 7.93. The highest BCUT2D eigenvalue weighted by atomic mass is 32.2. The largest absolute Gasteiger partial charge is 0.480 e. The summed E-state index contributed by atoms with van der Waals surface area (Å²) in [6.45, 7) is 6.01. The molecule has 3 aromatic rings. The number of pyridine rings is 2. The van der Waals surface area contributed by atoms with E-state index in [1.54, 1.807) is 52.1 Å². The number of amides is 2. The quantitative estimate of drug-likeness (QED) is 0.324. The van der Waals surface area contributed by atoms with E-state index in [-0.39, 0.29) is 28.7 Å². The number of ether oxygens (including phenoxy) is 1. The summed E-state index contributed by atoms with van der Waals surface area (Å²) in [5, 5.41) is 9.49. The molecular formula is C30H37N5O7S. The van der Waals surface area contributed by atoms with Crippen molar-refractivity contribution < 1.29 is 32.6 Å². The third-order valence-electron chi connectivity index (χ3n) is 6.40. The number of nitrogens with zero attached hydrogens (tertiary/aromatic N) is 4. The molecule has 1 unspecified atom stereocenters. The number of sulfone groups is 1. The second-order valence-corrected chi connectivity index (χ2v) is 13.2. The van der Waals surface area contributed by atoms with Crippen molar-refractivity contribution in [2.75, 3.05) is 23.4 Å². The summed E-state index contributed by atoms with van der Waals surface area (Å²) in [6, 6.07) is 13.8. The van der Waals surface area contributed by atoms with Crippen molar-refractivity contribution in [3.8, 4) is 0 Å². The van der Waals surface area contributed by atoms with E-state index in [2.05, 4.69) is 9.97 Å². The Morgan fingerprint density at radius 2 is 1.70 bits per heavy atom. The number of hydrogen-bond acceptors (Lipinski definition) is 9. The minimum absolute atomic E-state index is 0.0560. The first kappa shape index (κ1) is 33.1. The van der Waals surface area contributed by atoms with Gasteiger partial charge in [0, 0.05) is 38.0 Å². The predicted octanol–water partition coefficient (Wildman–Crippen LogP) is 3.89. The minimum atomic E-state index is -4.38. The van der Waals surface area contributed by atoms with Crippen molar-refractivity contribution in [2.24, 2.45) is 5.73 Å². The van der Waals surface area contributed by atoms with Gasteiger partial charge in [0.25, 0.3) is 0 Å². The van der Waals surface area contributed by atoms with Crippen LogP contribution >= 0.6 is 0 Å². The molecule has 1 aromatic carbocycles. The first-order chi connectivity index (χ1) is 20.1. The summed E-state index contributed by atoms with van der Waals surface area (Å²) < 4.78 is 33.6. The highest BCUT2D eigenvalue weighted by Crippen LogP contribution is 2.34. The van der Waals surface area contributed by atoms with Gasteiger partial charge in [-0.05, 0) is 69.2 Å². The molecule has 3 rings (SSSR count). The van der Waals surface area contributed by atoms with Gasteiger partial charge in [0.2, 0.25) is 15.7 Å². The molecule has 2 aromatic heterocycles. The maximum absolute atomic E-state index is 14.1. The number of hydrogen-bond donors (Lipinski definition) is 2. The van der Waals surface area contributed by atoms with Crippen molar-refractivity contribution in [3.63, 3.8) is 0 Å². The fraction of sp³-hybridized carbons (Fsp3) is 0.367. The van der Waals surface area contributed by atoms with Gasteiger partial charge in [0.1, 0.15) is 18.0 Å². The van der Waals surface area contributed by atoms with E-state index in [9.17, 15) is 27.9 Å². The highest BCUT2D eigenvalue weighted by Gasteiger charge is 2.45. The van der Waals surface area contributed by atoms with E-state index < -0.39 is 38.9 Å². The van der Waals surface area contributed by atoms with Crippen molar-refractivity contribution >= 4 is 39.3 Å². The van der Waals surface area contributed by atoms with Crippen molar-refractivity contribution in [3.05, 3.63) is 78.2 Å². The van der Waals surface area contributed by atoms with Gasteiger partial charge in [-0.3, -0.25) is 19.5 Å². The number of nitrogens with two attached hydrogens (primary N) is 1. The fourth-order valence-corrected chi connectivity index (χ4v) is 5.83. The lowest BCUT2D eigenvalue weighted by Gasteiger charge is -2.31. The molecule has 0 saturated carbocycles. The molecule has 0 aliphatic heterocycles. The zero-order valence-electron chi connectivity index (χ0n) is 24.9. The van der Waals surface area contributed by atoms with Crippen LogP contribution in [0.15, 0.2) is 71.9 Å². The molecule has 0 fully saturated rings. The molecule has 43 heavy (non-hydrogen) atoms. The maximum atomic E-state index is 14.1. The SMILES string of the molecule is CCCC(=O)N(C)c1ccc(CC(N)(c2cccc(N(CC(=O)O)C(=O)OC(C)(C)C)n2)S(=O)(=O)c2cccnc2)cc1. The average Bonchev–Trinajstić information content (AvgIpc) is 2.95. The number of rotatable bonds is 11. The number of carbonyl (C=O) groups excluding carboxylic acids is 2. The van der Waals surface area contributed by atoms with E-state index in [1.807, 2.05) is 6.92 Å². The lowest BCUT2D eigenvalue weighted by molar-refractivity contribution is -0.135. The summed E-state index contributed by atoms with van der Waals surface area (Å²) in [7, 11) is -2.71. The third-order valence-corrected chi connectivity index (χ3v) is 8.58. The standard InChI is InChI=1S/C30H37N5O7S/c1-6-9-26(36)34(5)22-15-13-21(14-16-22)18-30(31,43(40,41)23-10-8-17-32-19-23)24-11-7-12-25(33-24)35(20-27(37)38)28(39)42-29(2,3)4/h7-8,10-17,19H,6,9,18,20,31H2,1-5H3,(H,37,38). The Bertz CT molecular complexity index is 1560. The molecule has 0 radical (unpaired) electrons. The second-order valence-electron chi connectivity index (χ2n) is 11.0. The number of carbonyl (C=O) groups is 3. The summed E-state index contributed by atoms with van der Waals surface area (Å²) in [5.74, 6) is -1.54. The number of aliphatic carboxylic acids is 1. The number of anilines is 2. The molecule has 0 aliphatic carbocycles. The Balaban J connectivity index is 2.12. The molecule has 3 N–H and O–H groups in total. The van der Waals surface area contributed by atoms with Crippen LogP contribution in [-0.2, 0) is 35.5 Å². The molecule has 0 bridgehead atoms. The number of carboxylic acid groups (broad SMARTS) is 1. The topological polar surface area (TPSA) is 173 Å². The van der Waals surface area contributed by atoms with E-state index in [0.29, 0.717) is 24.1 Å². The molecule has 230 valence electrons. The molecular weight excluding hydrogens is 574 g/mol. The Kier molecular flexibility index (Phi) is 10.3. The number of carboxylic acids is 1. The molecule has 0 aliphatic rings. The number of benzene rings is 1.